The van der Waals surface area contributed by atoms with E-state index in [4.69, 9.17) is 9.84 Å². The first-order valence-electron chi connectivity index (χ1n) is 9.92. The van der Waals surface area contributed by atoms with E-state index in [1.807, 2.05) is 0 Å². The van der Waals surface area contributed by atoms with Gasteiger partial charge in [-0.05, 0) is 69.6 Å². The Morgan fingerprint density at radius 2 is 1.50 bits per heavy atom. The number of imide groups is 1. The topological polar surface area (TPSA) is 83.9 Å². The van der Waals surface area contributed by atoms with Crippen LogP contribution in [-0.2, 0) is 19.1 Å². The molecule has 0 aromatic rings. The second-order valence-corrected chi connectivity index (χ2v) is 7.87. The van der Waals surface area contributed by atoms with Crippen molar-refractivity contribution in [2.45, 2.75) is 63.9 Å². The monoisotopic (exact) mass is 363 g/mol. The molecule has 0 atom stereocenters. The zero-order valence-corrected chi connectivity index (χ0v) is 15.3. The Labute approximate surface area is 154 Å². The minimum atomic E-state index is -0.631. The number of ether oxygens (including phenoxy) is 1. The van der Waals surface area contributed by atoms with Crippen molar-refractivity contribution in [1.82, 2.24) is 4.90 Å². The molecule has 6 nitrogen and oxygen atoms in total. The number of amides is 2. The molecule has 144 valence electrons. The Hall–Kier alpha value is -1.69. The van der Waals surface area contributed by atoms with Crippen molar-refractivity contribution in [2.24, 2.45) is 17.8 Å². The van der Waals surface area contributed by atoms with Crippen LogP contribution < -0.4 is 0 Å². The average molecular weight is 363 g/mol. The Kier molecular flexibility index (Phi) is 6.46. The lowest BCUT2D eigenvalue weighted by Gasteiger charge is -2.37. The smallest absolute Gasteiger partial charge is 0.306 e. The van der Waals surface area contributed by atoms with Crippen LogP contribution in [0, 0.1) is 17.8 Å². The Morgan fingerprint density at radius 1 is 0.962 bits per heavy atom. The molecule has 6 heteroatoms. The zero-order valence-electron chi connectivity index (χ0n) is 15.3. The third-order valence-electron chi connectivity index (χ3n) is 6.29. The van der Waals surface area contributed by atoms with Gasteiger partial charge >= 0.3 is 5.97 Å². The number of hydrogen-bond acceptors (Lipinski definition) is 4. The van der Waals surface area contributed by atoms with E-state index in [0.29, 0.717) is 25.5 Å². The van der Waals surface area contributed by atoms with Crippen molar-refractivity contribution in [3.8, 4) is 0 Å². The van der Waals surface area contributed by atoms with E-state index in [1.165, 1.54) is 29.9 Å². The molecular formula is C20H29NO5. The predicted octanol–water partition coefficient (Wildman–Crippen LogP) is 2.77. The highest BCUT2D eigenvalue weighted by Gasteiger charge is 2.33. The van der Waals surface area contributed by atoms with Gasteiger partial charge in [0.2, 0.25) is 0 Å². The molecule has 0 radical (unpaired) electrons. The van der Waals surface area contributed by atoms with Crippen molar-refractivity contribution in [1.29, 1.82) is 0 Å². The average Bonchev–Trinajstić information content (AvgIpc) is 2.97. The van der Waals surface area contributed by atoms with Gasteiger partial charge in [-0.15, -0.1) is 0 Å². The van der Waals surface area contributed by atoms with Crippen molar-refractivity contribution in [2.75, 3.05) is 13.2 Å². The highest BCUT2D eigenvalue weighted by molar-refractivity contribution is 6.12. The second kappa shape index (κ2) is 8.80. The molecule has 0 bridgehead atoms. The maximum Gasteiger partial charge on any atom is 0.306 e. The van der Waals surface area contributed by atoms with Crippen molar-refractivity contribution in [3.05, 3.63) is 12.2 Å². The Bertz CT molecular complexity index is 539. The molecule has 2 fully saturated rings. The summed E-state index contributed by atoms with van der Waals surface area (Å²) in [5.41, 5.74) is 0. The van der Waals surface area contributed by atoms with E-state index in [2.05, 4.69) is 0 Å². The number of carboxylic acid groups (broad SMARTS) is 1. The van der Waals surface area contributed by atoms with Crippen LogP contribution in [0.2, 0.25) is 0 Å². The number of carboxylic acids is 1. The van der Waals surface area contributed by atoms with Crippen LogP contribution in [0.4, 0.5) is 0 Å². The van der Waals surface area contributed by atoms with Crippen molar-refractivity contribution < 1.29 is 24.2 Å². The maximum atomic E-state index is 11.5. The van der Waals surface area contributed by atoms with Crippen LogP contribution in [0.5, 0.6) is 0 Å². The molecule has 1 aliphatic heterocycles. The Morgan fingerprint density at radius 3 is 2.04 bits per heavy atom. The molecule has 3 rings (SSSR count). The molecule has 3 aliphatic rings. The highest BCUT2D eigenvalue weighted by atomic mass is 16.5. The van der Waals surface area contributed by atoms with Gasteiger partial charge in [0, 0.05) is 25.3 Å². The summed E-state index contributed by atoms with van der Waals surface area (Å²) in [5, 5.41) is 9.11. The van der Waals surface area contributed by atoms with Gasteiger partial charge in [-0.1, -0.05) is 0 Å². The first kappa shape index (κ1) is 19.1. The predicted molar refractivity (Wildman–Crippen MR) is 95.3 cm³/mol. The van der Waals surface area contributed by atoms with Gasteiger partial charge in [0.05, 0.1) is 12.0 Å². The summed E-state index contributed by atoms with van der Waals surface area (Å²) < 4.78 is 5.95. The number of carbonyl (C=O) groups excluding carboxylic acids is 2. The number of carbonyl (C=O) groups is 3. The third kappa shape index (κ3) is 4.72. The first-order valence-corrected chi connectivity index (χ1v) is 9.92. The van der Waals surface area contributed by atoms with E-state index >= 15 is 0 Å². The third-order valence-corrected chi connectivity index (χ3v) is 6.29. The summed E-state index contributed by atoms with van der Waals surface area (Å²) in [6.07, 6.45) is 11.8. The number of hydrogen-bond donors (Lipinski definition) is 1. The summed E-state index contributed by atoms with van der Waals surface area (Å²) in [6, 6.07) is 0. The fraction of sp³-hybridized carbons (Fsp3) is 0.750. The fourth-order valence-electron chi connectivity index (χ4n) is 4.69. The molecule has 2 saturated carbocycles. The number of rotatable bonds is 7. The molecule has 1 N–H and O–H groups in total. The molecule has 0 spiro atoms. The normalized spacial score (nSPS) is 32.2. The van der Waals surface area contributed by atoms with Gasteiger partial charge in [-0.2, -0.15) is 0 Å². The Balaban J connectivity index is 1.29. The minimum absolute atomic E-state index is 0.129. The molecule has 1 heterocycles. The number of nitrogens with zero attached hydrogens (tertiary/aromatic N) is 1. The van der Waals surface area contributed by atoms with Crippen LogP contribution in [-0.4, -0.2) is 47.0 Å². The zero-order chi connectivity index (χ0) is 18.5. The maximum absolute atomic E-state index is 11.5. The summed E-state index contributed by atoms with van der Waals surface area (Å²) in [7, 11) is 0. The van der Waals surface area contributed by atoms with Crippen LogP contribution >= 0.6 is 0 Å². The summed E-state index contributed by atoms with van der Waals surface area (Å²) in [6.45, 7) is 1.00. The van der Waals surface area contributed by atoms with Crippen LogP contribution in [0.1, 0.15) is 57.8 Å². The largest absolute Gasteiger partial charge is 0.481 e. The van der Waals surface area contributed by atoms with Gasteiger partial charge in [0.25, 0.3) is 11.8 Å². The minimum Gasteiger partial charge on any atom is -0.481 e. The van der Waals surface area contributed by atoms with Crippen molar-refractivity contribution in [3.63, 3.8) is 0 Å². The van der Waals surface area contributed by atoms with Gasteiger partial charge in [0.1, 0.15) is 0 Å². The van der Waals surface area contributed by atoms with Crippen LogP contribution in [0.3, 0.4) is 0 Å². The van der Waals surface area contributed by atoms with E-state index in [9.17, 15) is 14.4 Å². The number of aliphatic carboxylic acids is 1. The van der Waals surface area contributed by atoms with E-state index in [1.54, 1.807) is 0 Å². The molecule has 26 heavy (non-hydrogen) atoms. The van der Waals surface area contributed by atoms with E-state index in [-0.39, 0.29) is 23.8 Å². The SMILES string of the molecule is O=C(O)C1CCC(C2CCC(OCCCN3C(=O)C=CC3=O)CC2)CC1. The van der Waals surface area contributed by atoms with Crippen LogP contribution in [0.15, 0.2) is 12.2 Å². The van der Waals surface area contributed by atoms with Gasteiger partial charge < -0.3 is 9.84 Å². The second-order valence-electron chi connectivity index (χ2n) is 7.87. The van der Waals surface area contributed by atoms with Crippen LogP contribution in [0.25, 0.3) is 0 Å². The van der Waals surface area contributed by atoms with Gasteiger partial charge in [-0.25, -0.2) is 0 Å². The van der Waals surface area contributed by atoms with Gasteiger partial charge in [0.15, 0.2) is 0 Å². The lowest BCUT2D eigenvalue weighted by atomic mass is 9.70. The molecule has 2 aliphatic carbocycles. The lowest BCUT2D eigenvalue weighted by molar-refractivity contribution is -0.143. The molecule has 0 aromatic carbocycles. The van der Waals surface area contributed by atoms with E-state index < -0.39 is 5.97 Å². The lowest BCUT2D eigenvalue weighted by Crippen LogP contribution is -2.32. The summed E-state index contributed by atoms with van der Waals surface area (Å²) in [5.74, 6) is 0.187. The molecular weight excluding hydrogens is 334 g/mol. The van der Waals surface area contributed by atoms with E-state index in [0.717, 1.165) is 44.4 Å². The summed E-state index contributed by atoms with van der Waals surface area (Å²) in [4.78, 5) is 35.3. The molecule has 2 amide bonds. The standard InChI is InChI=1S/C20H29NO5/c22-18-10-11-19(23)21(18)12-1-13-26-17-8-6-15(7-9-17)14-2-4-16(5-3-14)20(24)25/h10-11,14-17H,1-9,12-13H2,(H,24,25). The molecule has 0 saturated heterocycles. The molecule has 0 unspecified atom stereocenters. The molecule has 0 aromatic heterocycles. The highest BCUT2D eigenvalue weighted by Crippen LogP contribution is 2.40. The quantitative estimate of drug-likeness (QED) is 0.555. The fourth-order valence-corrected chi connectivity index (χ4v) is 4.69. The first-order chi connectivity index (χ1) is 12.5. The summed E-state index contributed by atoms with van der Waals surface area (Å²) >= 11 is 0. The van der Waals surface area contributed by atoms with Gasteiger partial charge in [-0.3, -0.25) is 19.3 Å². The van der Waals surface area contributed by atoms with Crippen molar-refractivity contribution >= 4 is 17.8 Å².